The Morgan fingerprint density at radius 1 is 1.50 bits per heavy atom. The third kappa shape index (κ3) is 5.19. The fraction of sp³-hybridized carbons (Fsp3) is 0.900. The minimum Gasteiger partial charge on any atom is -0.481 e. The van der Waals surface area contributed by atoms with Crippen LogP contribution in [0.2, 0.25) is 0 Å². The van der Waals surface area contributed by atoms with Crippen LogP contribution >= 0.6 is 0 Å². The maximum Gasteiger partial charge on any atom is 0.310 e. The zero-order valence-corrected chi connectivity index (χ0v) is 9.63. The highest BCUT2D eigenvalue weighted by atomic mass is 16.4. The van der Waals surface area contributed by atoms with Gasteiger partial charge < -0.3 is 15.3 Å². The number of carboxylic acid groups (broad SMARTS) is 1. The van der Waals surface area contributed by atoms with Gasteiger partial charge in [0.05, 0.1) is 5.41 Å². The quantitative estimate of drug-likeness (QED) is 0.595. The van der Waals surface area contributed by atoms with Crippen LogP contribution in [0.4, 0.5) is 0 Å². The zero-order chi connectivity index (χ0) is 11.2. The van der Waals surface area contributed by atoms with Crippen LogP contribution in [-0.2, 0) is 4.79 Å². The van der Waals surface area contributed by atoms with E-state index in [4.69, 9.17) is 5.11 Å². The Bertz CT molecular complexity index is 181. The molecule has 4 heteroatoms. The first-order valence-corrected chi connectivity index (χ1v) is 4.96. The predicted molar refractivity (Wildman–Crippen MR) is 57.5 cm³/mol. The smallest absolute Gasteiger partial charge is 0.310 e. The third-order valence-electron chi connectivity index (χ3n) is 2.21. The number of nitrogens with zero attached hydrogens (tertiary/aromatic N) is 1. The van der Waals surface area contributed by atoms with Crippen molar-refractivity contribution in [2.75, 3.05) is 33.7 Å². The molecule has 84 valence electrons. The first-order valence-electron chi connectivity index (χ1n) is 4.96. The van der Waals surface area contributed by atoms with Crippen molar-refractivity contribution in [3.63, 3.8) is 0 Å². The molecular weight excluding hydrogens is 180 g/mol. The normalized spacial score (nSPS) is 12.1. The molecule has 0 unspecified atom stereocenters. The summed E-state index contributed by atoms with van der Waals surface area (Å²) in [5, 5.41) is 12.0. The number of carboxylic acids is 1. The molecule has 0 aromatic heterocycles. The number of carbonyl (C=O) groups is 1. The van der Waals surface area contributed by atoms with Crippen LogP contribution < -0.4 is 5.32 Å². The molecule has 0 saturated heterocycles. The Balaban J connectivity index is 3.81. The summed E-state index contributed by atoms with van der Waals surface area (Å²) < 4.78 is 0. The van der Waals surface area contributed by atoms with E-state index >= 15 is 0 Å². The number of nitrogens with one attached hydrogen (secondary N) is 1. The van der Waals surface area contributed by atoms with E-state index in [1.807, 2.05) is 14.1 Å². The van der Waals surface area contributed by atoms with Gasteiger partial charge in [0.2, 0.25) is 0 Å². The lowest BCUT2D eigenvalue weighted by Crippen LogP contribution is -2.38. The van der Waals surface area contributed by atoms with E-state index in [9.17, 15) is 4.79 Å². The van der Waals surface area contributed by atoms with E-state index in [1.165, 1.54) is 0 Å². The molecule has 14 heavy (non-hydrogen) atoms. The fourth-order valence-electron chi connectivity index (χ4n) is 1.35. The number of hydrogen-bond donors (Lipinski definition) is 2. The molecule has 0 aliphatic carbocycles. The average molecular weight is 202 g/mol. The maximum absolute atomic E-state index is 10.8. The minimum absolute atomic E-state index is 0.589. The highest BCUT2D eigenvalue weighted by Gasteiger charge is 2.28. The second kappa shape index (κ2) is 5.98. The van der Waals surface area contributed by atoms with E-state index in [0.29, 0.717) is 6.54 Å². The molecule has 0 amide bonds. The van der Waals surface area contributed by atoms with E-state index in [2.05, 4.69) is 10.2 Å². The summed E-state index contributed by atoms with van der Waals surface area (Å²) in [6.07, 6.45) is 1.04. The van der Waals surface area contributed by atoms with Crippen molar-refractivity contribution in [1.82, 2.24) is 10.2 Å². The highest BCUT2D eigenvalue weighted by Crippen LogP contribution is 2.16. The third-order valence-corrected chi connectivity index (χ3v) is 2.21. The van der Waals surface area contributed by atoms with Crippen molar-refractivity contribution in [3.8, 4) is 0 Å². The summed E-state index contributed by atoms with van der Waals surface area (Å²) in [5.41, 5.74) is -0.658. The van der Waals surface area contributed by atoms with E-state index in [-0.39, 0.29) is 0 Å². The van der Waals surface area contributed by atoms with Gasteiger partial charge in [-0.3, -0.25) is 4.79 Å². The molecule has 0 atom stereocenters. The van der Waals surface area contributed by atoms with Crippen LogP contribution in [0.25, 0.3) is 0 Å². The highest BCUT2D eigenvalue weighted by molar-refractivity contribution is 5.73. The molecular formula is C10H22N2O2. The van der Waals surface area contributed by atoms with Gasteiger partial charge in [0.15, 0.2) is 0 Å². The Morgan fingerprint density at radius 2 is 2.07 bits per heavy atom. The first-order chi connectivity index (χ1) is 6.40. The van der Waals surface area contributed by atoms with Crippen LogP contribution in [0.3, 0.4) is 0 Å². The number of rotatable bonds is 7. The lowest BCUT2D eigenvalue weighted by molar-refractivity contribution is -0.147. The standard InChI is InChI=1S/C10H22N2O2/c1-10(2,9(13)14)8-12(4)7-5-6-11-3/h11H,5-8H2,1-4H3,(H,13,14). The van der Waals surface area contributed by atoms with Gasteiger partial charge in [-0.2, -0.15) is 0 Å². The molecule has 0 aromatic carbocycles. The van der Waals surface area contributed by atoms with Crippen molar-refractivity contribution in [2.45, 2.75) is 20.3 Å². The molecule has 0 heterocycles. The van der Waals surface area contributed by atoms with Crippen molar-refractivity contribution in [3.05, 3.63) is 0 Å². The minimum atomic E-state index is -0.738. The van der Waals surface area contributed by atoms with Gasteiger partial charge in [-0.25, -0.2) is 0 Å². The summed E-state index contributed by atoms with van der Waals surface area (Å²) in [6, 6.07) is 0. The molecule has 4 nitrogen and oxygen atoms in total. The molecule has 0 rings (SSSR count). The average Bonchev–Trinajstić information content (AvgIpc) is 2.03. The summed E-state index contributed by atoms with van der Waals surface area (Å²) in [4.78, 5) is 12.9. The van der Waals surface area contributed by atoms with Gasteiger partial charge in [-0.1, -0.05) is 0 Å². The van der Waals surface area contributed by atoms with Crippen LogP contribution in [0.15, 0.2) is 0 Å². The SMILES string of the molecule is CNCCCN(C)CC(C)(C)C(=O)O. The van der Waals surface area contributed by atoms with Crippen LogP contribution in [-0.4, -0.2) is 49.7 Å². The van der Waals surface area contributed by atoms with Gasteiger partial charge >= 0.3 is 5.97 Å². The zero-order valence-electron chi connectivity index (χ0n) is 9.63. The van der Waals surface area contributed by atoms with Gasteiger partial charge in [-0.05, 0) is 47.5 Å². The predicted octanol–water partition coefficient (Wildman–Crippen LogP) is 0.639. The van der Waals surface area contributed by atoms with Crippen molar-refractivity contribution < 1.29 is 9.90 Å². The Labute approximate surface area is 86.3 Å². The first kappa shape index (κ1) is 13.4. The molecule has 0 spiro atoms. The lowest BCUT2D eigenvalue weighted by atomic mass is 9.93. The van der Waals surface area contributed by atoms with E-state index in [0.717, 1.165) is 19.5 Å². The number of hydrogen-bond acceptors (Lipinski definition) is 3. The Kier molecular flexibility index (Phi) is 5.72. The van der Waals surface area contributed by atoms with Crippen molar-refractivity contribution >= 4 is 5.97 Å². The molecule has 0 aliphatic heterocycles. The number of aliphatic carboxylic acids is 1. The molecule has 0 aromatic rings. The van der Waals surface area contributed by atoms with Crippen LogP contribution in [0, 0.1) is 5.41 Å². The second-order valence-electron chi connectivity index (χ2n) is 4.38. The molecule has 0 saturated carbocycles. The maximum atomic E-state index is 10.8. The fourth-order valence-corrected chi connectivity index (χ4v) is 1.35. The van der Waals surface area contributed by atoms with Crippen molar-refractivity contribution in [1.29, 1.82) is 0 Å². The largest absolute Gasteiger partial charge is 0.481 e. The molecule has 0 bridgehead atoms. The summed E-state index contributed by atoms with van der Waals surface area (Å²) in [7, 11) is 3.88. The molecule has 0 fully saturated rings. The summed E-state index contributed by atoms with van der Waals surface area (Å²) in [6.45, 7) is 6.00. The van der Waals surface area contributed by atoms with Gasteiger partial charge in [-0.15, -0.1) is 0 Å². The van der Waals surface area contributed by atoms with Crippen molar-refractivity contribution in [2.24, 2.45) is 5.41 Å². The van der Waals surface area contributed by atoms with E-state index in [1.54, 1.807) is 13.8 Å². The summed E-state index contributed by atoms with van der Waals surface area (Å²) in [5.74, 6) is -0.738. The molecule has 0 aliphatic rings. The molecule has 0 radical (unpaired) electrons. The Morgan fingerprint density at radius 3 is 2.50 bits per heavy atom. The van der Waals surface area contributed by atoms with Gasteiger partial charge in [0.1, 0.15) is 0 Å². The molecule has 2 N–H and O–H groups in total. The topological polar surface area (TPSA) is 52.6 Å². The lowest BCUT2D eigenvalue weighted by Gasteiger charge is -2.26. The van der Waals surface area contributed by atoms with E-state index < -0.39 is 11.4 Å². The summed E-state index contributed by atoms with van der Waals surface area (Å²) >= 11 is 0. The van der Waals surface area contributed by atoms with Gasteiger partial charge in [0, 0.05) is 6.54 Å². The van der Waals surface area contributed by atoms with Gasteiger partial charge in [0.25, 0.3) is 0 Å². The second-order valence-corrected chi connectivity index (χ2v) is 4.38. The van der Waals surface area contributed by atoms with Crippen LogP contribution in [0.5, 0.6) is 0 Å². The Hall–Kier alpha value is -0.610. The van der Waals surface area contributed by atoms with Crippen LogP contribution in [0.1, 0.15) is 20.3 Å². The monoisotopic (exact) mass is 202 g/mol.